The Balaban J connectivity index is 1.37. The number of rotatable bonds is 6. The highest BCUT2D eigenvalue weighted by Crippen LogP contribution is 2.22. The summed E-state index contributed by atoms with van der Waals surface area (Å²) in [6.07, 6.45) is 0. The lowest BCUT2D eigenvalue weighted by Gasteiger charge is -2.33. The lowest BCUT2D eigenvalue weighted by Crippen LogP contribution is -2.48. The maximum absolute atomic E-state index is 12.9. The summed E-state index contributed by atoms with van der Waals surface area (Å²) in [7, 11) is -2.03. The number of methoxy groups -OCH3 is 1. The molecule has 2 aromatic carbocycles. The number of nitrogens with zero attached hydrogens (tertiary/aromatic N) is 5. The van der Waals surface area contributed by atoms with Crippen LogP contribution in [0.2, 0.25) is 0 Å². The first-order valence-electron chi connectivity index (χ1n) is 9.69. The van der Waals surface area contributed by atoms with Crippen molar-refractivity contribution in [3.8, 4) is 23.2 Å². The minimum absolute atomic E-state index is 0.140. The molecular weight excluding hydrogens is 418 g/mol. The standard InChI is InChI=1S/C21H21N5O4S/c1-29-18-7-5-17(6-8-18)21-23-20(30-24-21)15-25-9-11-26(12-10-25)31(27,28)19-4-2-3-16(13-19)14-22/h2-8,13H,9-12,15H2,1H3. The molecule has 0 unspecified atom stereocenters. The van der Waals surface area contributed by atoms with Crippen LogP contribution in [0.4, 0.5) is 0 Å². The van der Waals surface area contributed by atoms with Gasteiger partial charge in [0.25, 0.3) is 0 Å². The average molecular weight is 439 g/mol. The van der Waals surface area contributed by atoms with Crippen LogP contribution in [0.25, 0.3) is 11.4 Å². The molecule has 10 heteroatoms. The van der Waals surface area contributed by atoms with Gasteiger partial charge >= 0.3 is 0 Å². The van der Waals surface area contributed by atoms with E-state index in [9.17, 15) is 8.42 Å². The van der Waals surface area contributed by atoms with Crippen molar-refractivity contribution in [2.45, 2.75) is 11.4 Å². The van der Waals surface area contributed by atoms with E-state index < -0.39 is 10.0 Å². The summed E-state index contributed by atoms with van der Waals surface area (Å²) in [5, 5.41) is 13.1. The third-order valence-electron chi connectivity index (χ3n) is 5.11. The Kier molecular flexibility index (Phi) is 5.99. The molecule has 1 fully saturated rings. The topological polar surface area (TPSA) is 113 Å². The third-order valence-corrected chi connectivity index (χ3v) is 7.00. The minimum Gasteiger partial charge on any atom is -0.497 e. The van der Waals surface area contributed by atoms with Crippen molar-refractivity contribution in [1.29, 1.82) is 5.26 Å². The van der Waals surface area contributed by atoms with E-state index in [1.165, 1.54) is 16.4 Å². The predicted molar refractivity (Wildman–Crippen MR) is 111 cm³/mol. The molecule has 0 aliphatic carbocycles. The molecule has 0 radical (unpaired) electrons. The maximum atomic E-state index is 12.9. The summed E-state index contributed by atoms with van der Waals surface area (Å²) >= 11 is 0. The molecule has 9 nitrogen and oxygen atoms in total. The highest BCUT2D eigenvalue weighted by atomic mass is 32.2. The van der Waals surface area contributed by atoms with Gasteiger partial charge in [0.05, 0.1) is 30.2 Å². The maximum Gasteiger partial charge on any atom is 0.243 e. The molecule has 31 heavy (non-hydrogen) atoms. The highest BCUT2D eigenvalue weighted by molar-refractivity contribution is 7.89. The quantitative estimate of drug-likeness (QED) is 0.574. The van der Waals surface area contributed by atoms with Gasteiger partial charge in [0, 0.05) is 31.7 Å². The molecule has 0 atom stereocenters. The van der Waals surface area contributed by atoms with Crippen molar-refractivity contribution in [3.05, 3.63) is 60.0 Å². The van der Waals surface area contributed by atoms with E-state index >= 15 is 0 Å². The minimum atomic E-state index is -3.63. The summed E-state index contributed by atoms with van der Waals surface area (Å²) in [6, 6.07) is 15.4. The van der Waals surface area contributed by atoms with Gasteiger partial charge in [-0.2, -0.15) is 14.6 Å². The molecule has 160 valence electrons. The Hall–Kier alpha value is -3.26. The molecule has 3 aromatic rings. The van der Waals surface area contributed by atoms with Gasteiger partial charge in [-0.25, -0.2) is 8.42 Å². The normalized spacial score (nSPS) is 15.5. The zero-order valence-electron chi connectivity index (χ0n) is 16.9. The SMILES string of the molecule is COc1ccc(-c2noc(CN3CCN(S(=O)(=O)c4cccc(C#N)c4)CC3)n2)cc1. The molecule has 1 aliphatic heterocycles. The van der Waals surface area contributed by atoms with Crippen LogP contribution in [0.3, 0.4) is 0 Å². The van der Waals surface area contributed by atoms with E-state index in [0.717, 1.165) is 11.3 Å². The Morgan fingerprint density at radius 2 is 1.87 bits per heavy atom. The monoisotopic (exact) mass is 439 g/mol. The molecule has 1 aromatic heterocycles. The number of aromatic nitrogens is 2. The number of sulfonamides is 1. The van der Waals surface area contributed by atoms with E-state index in [-0.39, 0.29) is 4.90 Å². The summed E-state index contributed by atoms with van der Waals surface area (Å²) in [5.74, 6) is 1.72. The molecular formula is C21H21N5O4S. The van der Waals surface area contributed by atoms with Gasteiger partial charge in [0.15, 0.2) is 0 Å². The lowest BCUT2D eigenvalue weighted by atomic mass is 10.2. The van der Waals surface area contributed by atoms with Gasteiger partial charge in [-0.3, -0.25) is 4.90 Å². The van der Waals surface area contributed by atoms with Gasteiger partial charge in [0.2, 0.25) is 21.7 Å². The summed E-state index contributed by atoms with van der Waals surface area (Å²) in [5.41, 5.74) is 1.15. The smallest absolute Gasteiger partial charge is 0.243 e. The van der Waals surface area contributed by atoms with E-state index in [1.807, 2.05) is 30.3 Å². The summed E-state index contributed by atoms with van der Waals surface area (Å²) in [6.45, 7) is 2.22. The van der Waals surface area contributed by atoms with Gasteiger partial charge in [-0.1, -0.05) is 11.2 Å². The highest BCUT2D eigenvalue weighted by Gasteiger charge is 2.29. The predicted octanol–water partition coefficient (Wildman–Crippen LogP) is 2.12. The van der Waals surface area contributed by atoms with Crippen molar-refractivity contribution < 1.29 is 17.7 Å². The second-order valence-corrected chi connectivity index (χ2v) is 9.00. The number of nitriles is 1. The molecule has 4 rings (SSSR count). The molecule has 0 saturated carbocycles. The molecule has 0 bridgehead atoms. The van der Waals surface area contributed by atoms with Gasteiger partial charge in [-0.05, 0) is 42.5 Å². The van der Waals surface area contributed by atoms with Crippen molar-refractivity contribution >= 4 is 10.0 Å². The summed E-state index contributed by atoms with van der Waals surface area (Å²) in [4.78, 5) is 6.65. The van der Waals surface area contributed by atoms with E-state index in [0.29, 0.717) is 50.0 Å². The number of benzene rings is 2. The Morgan fingerprint density at radius 1 is 1.13 bits per heavy atom. The number of hydrogen-bond donors (Lipinski definition) is 0. The van der Waals surface area contributed by atoms with Gasteiger partial charge < -0.3 is 9.26 Å². The fourth-order valence-electron chi connectivity index (χ4n) is 3.37. The van der Waals surface area contributed by atoms with Crippen LogP contribution in [0.1, 0.15) is 11.5 Å². The third kappa shape index (κ3) is 4.59. The Labute approximate surface area is 180 Å². The number of piperazine rings is 1. The second kappa shape index (κ2) is 8.85. The van der Waals surface area contributed by atoms with Crippen LogP contribution in [-0.2, 0) is 16.6 Å². The zero-order chi connectivity index (χ0) is 21.8. The van der Waals surface area contributed by atoms with Gasteiger partial charge in [0.1, 0.15) is 5.75 Å². The van der Waals surface area contributed by atoms with Crippen molar-refractivity contribution in [3.63, 3.8) is 0 Å². The molecule has 0 amide bonds. The second-order valence-electron chi connectivity index (χ2n) is 7.06. The fraction of sp³-hybridized carbons (Fsp3) is 0.286. The molecule has 0 N–H and O–H groups in total. The Bertz CT molecular complexity index is 1190. The van der Waals surface area contributed by atoms with Crippen LogP contribution in [-0.4, -0.2) is 61.1 Å². The largest absolute Gasteiger partial charge is 0.497 e. The van der Waals surface area contributed by atoms with Crippen LogP contribution >= 0.6 is 0 Å². The Morgan fingerprint density at radius 3 is 2.55 bits per heavy atom. The molecule has 0 spiro atoms. The van der Waals surface area contributed by atoms with Crippen LogP contribution in [0.5, 0.6) is 5.75 Å². The first-order valence-corrected chi connectivity index (χ1v) is 11.1. The molecule has 1 saturated heterocycles. The van der Waals surface area contributed by atoms with E-state index in [4.69, 9.17) is 14.5 Å². The lowest BCUT2D eigenvalue weighted by molar-refractivity contribution is 0.163. The zero-order valence-corrected chi connectivity index (χ0v) is 17.7. The fourth-order valence-corrected chi connectivity index (χ4v) is 4.84. The van der Waals surface area contributed by atoms with Gasteiger partial charge in [-0.15, -0.1) is 0 Å². The summed E-state index contributed by atoms with van der Waals surface area (Å²) < 4.78 is 37.7. The van der Waals surface area contributed by atoms with Crippen molar-refractivity contribution in [2.75, 3.05) is 33.3 Å². The first-order chi connectivity index (χ1) is 15.0. The first kappa shape index (κ1) is 21.0. The number of ether oxygens (including phenoxy) is 1. The van der Waals surface area contributed by atoms with Crippen molar-refractivity contribution in [2.24, 2.45) is 0 Å². The average Bonchev–Trinajstić information content (AvgIpc) is 3.28. The van der Waals surface area contributed by atoms with Crippen LogP contribution < -0.4 is 4.74 Å². The van der Waals surface area contributed by atoms with Crippen LogP contribution in [0, 0.1) is 11.3 Å². The van der Waals surface area contributed by atoms with E-state index in [2.05, 4.69) is 15.0 Å². The molecule has 1 aliphatic rings. The molecule has 2 heterocycles. The van der Waals surface area contributed by atoms with Crippen LogP contribution in [0.15, 0.2) is 57.9 Å². The van der Waals surface area contributed by atoms with Crippen molar-refractivity contribution in [1.82, 2.24) is 19.3 Å². The van der Waals surface area contributed by atoms with E-state index in [1.54, 1.807) is 19.2 Å². The number of hydrogen-bond acceptors (Lipinski definition) is 8.